The van der Waals surface area contributed by atoms with E-state index in [0.717, 1.165) is 21.3 Å². The van der Waals surface area contributed by atoms with Gasteiger partial charge in [-0.2, -0.15) is 0 Å². The van der Waals surface area contributed by atoms with Crippen molar-refractivity contribution in [3.8, 4) is 0 Å². The van der Waals surface area contributed by atoms with Crippen molar-refractivity contribution in [3.63, 3.8) is 0 Å². The van der Waals surface area contributed by atoms with E-state index in [1.54, 1.807) is 13.2 Å². The van der Waals surface area contributed by atoms with E-state index in [-0.39, 0.29) is 11.9 Å². The molecule has 5 nitrogen and oxygen atoms in total. The van der Waals surface area contributed by atoms with Crippen LogP contribution in [0.5, 0.6) is 0 Å². The Bertz CT molecular complexity index is 742. The van der Waals surface area contributed by atoms with Gasteiger partial charge in [-0.3, -0.25) is 14.7 Å². The third-order valence-corrected chi connectivity index (χ3v) is 4.29. The van der Waals surface area contributed by atoms with Crippen molar-refractivity contribution in [2.75, 3.05) is 7.05 Å². The first-order valence-corrected chi connectivity index (χ1v) is 7.57. The van der Waals surface area contributed by atoms with E-state index < -0.39 is 5.54 Å². The topological polar surface area (TPSA) is 71.6 Å². The molecule has 2 N–H and O–H groups in total. The van der Waals surface area contributed by atoms with E-state index in [2.05, 4.69) is 25.9 Å². The Kier molecular flexibility index (Phi) is 3.48. The predicted octanol–water partition coefficient (Wildman–Crippen LogP) is 2.18. The Balaban J connectivity index is 2.31. The van der Waals surface area contributed by atoms with Crippen LogP contribution < -0.4 is 5.73 Å². The summed E-state index contributed by atoms with van der Waals surface area (Å²) in [5.41, 5.74) is 7.12. The number of halogens is 1. The third-order valence-electron chi connectivity index (χ3n) is 3.80. The van der Waals surface area contributed by atoms with E-state index >= 15 is 0 Å². The number of aromatic nitrogens is 1. The standard InChI is InChI=1S/C16H15BrN4O/c1-10-8-12(6-7-19-10)16(11-4-3-5-13(17)9-11)14(22)21(2)15(18)20-16/h3-9H,1-2H3,(H2,18,20). The number of nitrogens with zero attached hydrogens (tertiary/aromatic N) is 3. The zero-order valence-corrected chi connectivity index (χ0v) is 13.8. The second kappa shape index (κ2) is 5.21. The van der Waals surface area contributed by atoms with Crippen molar-refractivity contribution in [3.05, 3.63) is 63.9 Å². The number of nitrogens with two attached hydrogens (primary N) is 1. The van der Waals surface area contributed by atoms with Crippen molar-refractivity contribution < 1.29 is 4.79 Å². The number of amides is 1. The summed E-state index contributed by atoms with van der Waals surface area (Å²) in [7, 11) is 1.63. The molecule has 3 rings (SSSR count). The van der Waals surface area contributed by atoms with E-state index in [9.17, 15) is 4.79 Å². The minimum Gasteiger partial charge on any atom is -0.369 e. The van der Waals surface area contributed by atoms with Crippen LogP contribution >= 0.6 is 15.9 Å². The maximum atomic E-state index is 13.0. The van der Waals surface area contributed by atoms with Crippen LogP contribution in [0.15, 0.2) is 52.1 Å². The summed E-state index contributed by atoms with van der Waals surface area (Å²) < 4.78 is 0.881. The van der Waals surface area contributed by atoms with Crippen LogP contribution in [0.4, 0.5) is 0 Å². The summed E-state index contributed by atoms with van der Waals surface area (Å²) in [4.78, 5) is 23.1. The lowest BCUT2D eigenvalue weighted by Crippen LogP contribution is -2.41. The van der Waals surface area contributed by atoms with E-state index in [0.29, 0.717) is 0 Å². The minimum atomic E-state index is -1.16. The molecule has 1 atom stereocenters. The summed E-state index contributed by atoms with van der Waals surface area (Å²) >= 11 is 3.45. The second-order valence-electron chi connectivity index (χ2n) is 5.24. The Labute approximate surface area is 137 Å². The van der Waals surface area contributed by atoms with Gasteiger partial charge in [0.25, 0.3) is 5.91 Å². The highest BCUT2D eigenvalue weighted by molar-refractivity contribution is 9.10. The molecule has 0 radical (unpaired) electrons. The molecule has 0 spiro atoms. The fraction of sp³-hybridized carbons (Fsp3) is 0.188. The van der Waals surface area contributed by atoms with Gasteiger partial charge in [0.1, 0.15) is 0 Å². The van der Waals surface area contributed by atoms with Crippen LogP contribution in [-0.4, -0.2) is 28.8 Å². The van der Waals surface area contributed by atoms with E-state index in [1.807, 2.05) is 43.3 Å². The fourth-order valence-electron chi connectivity index (χ4n) is 2.67. The Morgan fingerprint density at radius 3 is 2.55 bits per heavy atom. The van der Waals surface area contributed by atoms with Gasteiger partial charge in [0.15, 0.2) is 11.5 Å². The molecule has 112 valence electrons. The number of pyridine rings is 1. The molecule has 0 fully saturated rings. The number of carbonyl (C=O) groups is 1. The number of aliphatic imine (C=N–C) groups is 1. The smallest absolute Gasteiger partial charge is 0.266 e. The molecule has 0 saturated heterocycles. The second-order valence-corrected chi connectivity index (χ2v) is 6.16. The summed E-state index contributed by atoms with van der Waals surface area (Å²) in [6.45, 7) is 1.88. The fourth-order valence-corrected chi connectivity index (χ4v) is 3.07. The molecule has 6 heteroatoms. The van der Waals surface area contributed by atoms with Crippen LogP contribution in [-0.2, 0) is 10.3 Å². The monoisotopic (exact) mass is 358 g/mol. The average Bonchev–Trinajstić information content (AvgIpc) is 2.72. The molecule has 2 heterocycles. The molecule has 1 aliphatic heterocycles. The lowest BCUT2D eigenvalue weighted by Gasteiger charge is -2.26. The molecular formula is C16H15BrN4O. The van der Waals surface area contributed by atoms with Crippen molar-refractivity contribution in [2.45, 2.75) is 12.5 Å². The summed E-state index contributed by atoms with van der Waals surface area (Å²) in [5.74, 6) is 0.0353. The summed E-state index contributed by atoms with van der Waals surface area (Å²) in [6, 6.07) is 11.2. The lowest BCUT2D eigenvalue weighted by atomic mass is 9.83. The quantitative estimate of drug-likeness (QED) is 0.894. The zero-order valence-electron chi connectivity index (χ0n) is 12.2. The highest BCUT2D eigenvalue weighted by Crippen LogP contribution is 2.39. The molecular weight excluding hydrogens is 344 g/mol. The first-order valence-electron chi connectivity index (χ1n) is 6.78. The van der Waals surface area contributed by atoms with Crippen LogP contribution in [0, 0.1) is 6.92 Å². The highest BCUT2D eigenvalue weighted by Gasteiger charge is 2.49. The van der Waals surface area contributed by atoms with Gasteiger partial charge < -0.3 is 5.73 Å². The Morgan fingerprint density at radius 2 is 1.95 bits per heavy atom. The Morgan fingerprint density at radius 1 is 1.23 bits per heavy atom. The molecule has 1 aromatic carbocycles. The SMILES string of the molecule is Cc1cc(C2(c3cccc(Br)c3)N=C(N)N(C)C2=O)ccn1. The van der Waals surface area contributed by atoms with E-state index in [1.165, 1.54) is 4.90 Å². The van der Waals surface area contributed by atoms with Gasteiger partial charge in [0.2, 0.25) is 0 Å². The minimum absolute atomic E-state index is 0.172. The number of carbonyl (C=O) groups excluding carboxylic acids is 1. The van der Waals surface area contributed by atoms with Crippen LogP contribution in [0.2, 0.25) is 0 Å². The molecule has 0 aliphatic carbocycles. The highest BCUT2D eigenvalue weighted by atomic mass is 79.9. The van der Waals surface area contributed by atoms with E-state index in [4.69, 9.17) is 5.73 Å². The molecule has 22 heavy (non-hydrogen) atoms. The summed E-state index contributed by atoms with van der Waals surface area (Å²) in [6.07, 6.45) is 1.68. The molecule has 0 saturated carbocycles. The number of guanidine groups is 1. The number of likely N-dealkylation sites (N-methyl/N-ethyl adjacent to an activating group) is 1. The van der Waals surface area contributed by atoms with Crippen LogP contribution in [0.1, 0.15) is 16.8 Å². The number of hydrogen-bond acceptors (Lipinski definition) is 4. The first-order chi connectivity index (χ1) is 10.4. The zero-order chi connectivity index (χ0) is 15.9. The average molecular weight is 359 g/mol. The summed E-state index contributed by atoms with van der Waals surface area (Å²) in [5, 5.41) is 0. The molecule has 0 bridgehead atoms. The van der Waals surface area contributed by atoms with Gasteiger partial charge in [-0.05, 0) is 42.3 Å². The van der Waals surface area contributed by atoms with Crippen molar-refractivity contribution in [2.24, 2.45) is 10.7 Å². The number of aryl methyl sites for hydroxylation is 1. The predicted molar refractivity (Wildman–Crippen MR) is 88.3 cm³/mol. The molecule has 1 amide bonds. The van der Waals surface area contributed by atoms with Gasteiger partial charge in [0.05, 0.1) is 0 Å². The Hall–Kier alpha value is -2.21. The van der Waals surface area contributed by atoms with Gasteiger partial charge in [-0.1, -0.05) is 28.1 Å². The van der Waals surface area contributed by atoms with Crippen molar-refractivity contribution in [1.29, 1.82) is 0 Å². The van der Waals surface area contributed by atoms with Gasteiger partial charge >= 0.3 is 0 Å². The number of hydrogen-bond donors (Lipinski definition) is 1. The molecule has 1 unspecified atom stereocenters. The van der Waals surface area contributed by atoms with Crippen LogP contribution in [0.3, 0.4) is 0 Å². The first kappa shape index (κ1) is 14.7. The van der Waals surface area contributed by atoms with Crippen molar-refractivity contribution in [1.82, 2.24) is 9.88 Å². The molecule has 1 aliphatic rings. The van der Waals surface area contributed by atoms with Gasteiger partial charge in [0, 0.05) is 23.4 Å². The maximum Gasteiger partial charge on any atom is 0.266 e. The third kappa shape index (κ3) is 2.11. The van der Waals surface area contributed by atoms with Crippen LogP contribution in [0.25, 0.3) is 0 Å². The molecule has 1 aromatic heterocycles. The largest absolute Gasteiger partial charge is 0.369 e. The molecule has 2 aromatic rings. The van der Waals surface area contributed by atoms with Gasteiger partial charge in [-0.25, -0.2) is 4.99 Å². The number of rotatable bonds is 2. The maximum absolute atomic E-state index is 13.0. The lowest BCUT2D eigenvalue weighted by molar-refractivity contribution is -0.129. The van der Waals surface area contributed by atoms with Crippen molar-refractivity contribution >= 4 is 27.8 Å². The normalized spacial score (nSPS) is 21.1. The van der Waals surface area contributed by atoms with Gasteiger partial charge in [-0.15, -0.1) is 0 Å². The number of benzene rings is 1.